The van der Waals surface area contributed by atoms with Crippen molar-refractivity contribution in [2.24, 2.45) is 5.92 Å². The van der Waals surface area contributed by atoms with Crippen LogP contribution in [0.4, 0.5) is 0 Å². The zero-order valence-electron chi connectivity index (χ0n) is 7.02. The molecule has 0 saturated heterocycles. The number of terminal acetylenes is 1. The van der Waals surface area contributed by atoms with Crippen molar-refractivity contribution in [2.45, 2.75) is 39.2 Å². The van der Waals surface area contributed by atoms with Gasteiger partial charge in [-0.2, -0.15) is 0 Å². The summed E-state index contributed by atoms with van der Waals surface area (Å²) in [7, 11) is 0. The van der Waals surface area contributed by atoms with Crippen LogP contribution in [0, 0.1) is 18.3 Å². The molecule has 0 spiro atoms. The van der Waals surface area contributed by atoms with E-state index in [0.29, 0.717) is 12.3 Å². The summed E-state index contributed by atoms with van der Waals surface area (Å²) in [5.41, 5.74) is -0.907. The number of rotatable bonds is 3. The van der Waals surface area contributed by atoms with Crippen LogP contribution in [0.3, 0.4) is 0 Å². The second-order valence-electron chi connectivity index (χ2n) is 3.14. The van der Waals surface area contributed by atoms with Crippen molar-refractivity contribution >= 4 is 0 Å². The number of hydrogen-bond donors (Lipinski definition) is 1. The van der Waals surface area contributed by atoms with Crippen LogP contribution >= 0.6 is 0 Å². The van der Waals surface area contributed by atoms with Crippen LogP contribution in [0.5, 0.6) is 0 Å². The van der Waals surface area contributed by atoms with E-state index in [4.69, 9.17) is 6.42 Å². The first kappa shape index (κ1) is 9.52. The van der Waals surface area contributed by atoms with Crippen LogP contribution in [-0.4, -0.2) is 10.7 Å². The number of aliphatic hydroxyl groups is 1. The van der Waals surface area contributed by atoms with Gasteiger partial charge in [0.2, 0.25) is 0 Å². The first-order valence-electron chi connectivity index (χ1n) is 3.72. The minimum absolute atomic E-state index is 0.506. The van der Waals surface area contributed by atoms with Gasteiger partial charge in [0.05, 0.1) is 0 Å². The Morgan fingerprint density at radius 3 is 2.50 bits per heavy atom. The van der Waals surface area contributed by atoms with Crippen LogP contribution in [-0.2, 0) is 0 Å². The molecule has 0 rings (SSSR count). The predicted molar refractivity (Wildman–Crippen MR) is 43.5 cm³/mol. The van der Waals surface area contributed by atoms with Gasteiger partial charge in [-0.15, -0.1) is 6.42 Å². The van der Waals surface area contributed by atoms with Gasteiger partial charge in [-0.05, 0) is 19.3 Å². The Morgan fingerprint density at radius 1 is 1.70 bits per heavy atom. The highest BCUT2D eigenvalue weighted by Crippen LogP contribution is 2.17. The zero-order chi connectivity index (χ0) is 8.20. The maximum atomic E-state index is 9.39. The molecule has 2 atom stereocenters. The second-order valence-corrected chi connectivity index (χ2v) is 3.14. The summed E-state index contributed by atoms with van der Waals surface area (Å²) in [6.07, 6.45) is 6.87. The fourth-order valence-electron chi connectivity index (χ4n) is 0.882. The first-order chi connectivity index (χ1) is 4.52. The lowest BCUT2D eigenvalue weighted by Gasteiger charge is -2.19. The molecule has 0 aliphatic carbocycles. The summed E-state index contributed by atoms with van der Waals surface area (Å²) in [5, 5.41) is 9.39. The molecule has 0 fully saturated rings. The Labute approximate surface area is 63.5 Å². The molecule has 0 aliphatic heterocycles. The lowest BCUT2D eigenvalue weighted by atomic mass is 9.92. The lowest BCUT2D eigenvalue weighted by Crippen LogP contribution is -2.24. The number of hydrogen-bond acceptors (Lipinski definition) is 1. The van der Waals surface area contributed by atoms with Crippen molar-refractivity contribution in [3.8, 4) is 12.3 Å². The summed E-state index contributed by atoms with van der Waals surface area (Å²) < 4.78 is 0. The molecule has 0 amide bonds. The van der Waals surface area contributed by atoms with E-state index in [1.807, 2.05) is 0 Å². The topological polar surface area (TPSA) is 20.2 Å². The molecule has 0 aromatic carbocycles. The molecule has 0 aliphatic rings. The van der Waals surface area contributed by atoms with Crippen LogP contribution in [0.1, 0.15) is 33.6 Å². The van der Waals surface area contributed by atoms with Crippen LogP contribution in [0.25, 0.3) is 0 Å². The van der Waals surface area contributed by atoms with Gasteiger partial charge < -0.3 is 5.11 Å². The Morgan fingerprint density at radius 2 is 2.20 bits per heavy atom. The van der Waals surface area contributed by atoms with E-state index < -0.39 is 5.60 Å². The molecule has 1 N–H and O–H groups in total. The van der Waals surface area contributed by atoms with Crippen molar-refractivity contribution in [3.63, 3.8) is 0 Å². The molecule has 2 unspecified atom stereocenters. The third-order valence-corrected chi connectivity index (χ3v) is 1.75. The molecule has 0 radical (unpaired) electrons. The van der Waals surface area contributed by atoms with Gasteiger partial charge in [-0.1, -0.05) is 26.2 Å². The fourth-order valence-corrected chi connectivity index (χ4v) is 0.882. The van der Waals surface area contributed by atoms with Gasteiger partial charge in [-0.25, -0.2) is 0 Å². The van der Waals surface area contributed by atoms with Gasteiger partial charge in [0.1, 0.15) is 5.60 Å². The molecule has 10 heavy (non-hydrogen) atoms. The molecule has 58 valence electrons. The van der Waals surface area contributed by atoms with Crippen molar-refractivity contribution in [3.05, 3.63) is 0 Å². The fraction of sp³-hybridized carbons (Fsp3) is 0.778. The predicted octanol–water partition coefficient (Wildman–Crippen LogP) is 1.81. The molecule has 0 saturated carbocycles. The average Bonchev–Trinajstić information content (AvgIpc) is 1.87. The highest BCUT2D eigenvalue weighted by molar-refractivity contribution is 5.04. The third-order valence-electron chi connectivity index (χ3n) is 1.75. The van der Waals surface area contributed by atoms with Gasteiger partial charge in [0, 0.05) is 0 Å². The largest absolute Gasteiger partial charge is 0.378 e. The van der Waals surface area contributed by atoms with Crippen LogP contribution < -0.4 is 0 Å². The maximum Gasteiger partial charge on any atom is 0.122 e. The van der Waals surface area contributed by atoms with E-state index in [1.54, 1.807) is 6.92 Å². The van der Waals surface area contributed by atoms with Gasteiger partial charge >= 0.3 is 0 Å². The van der Waals surface area contributed by atoms with E-state index in [1.165, 1.54) is 0 Å². The average molecular weight is 140 g/mol. The molecule has 1 nitrogen and oxygen atoms in total. The third kappa shape index (κ3) is 3.53. The second kappa shape index (κ2) is 3.63. The monoisotopic (exact) mass is 140 g/mol. The molecular weight excluding hydrogens is 124 g/mol. The van der Waals surface area contributed by atoms with E-state index >= 15 is 0 Å². The molecule has 1 heteroatoms. The van der Waals surface area contributed by atoms with Crippen molar-refractivity contribution in [2.75, 3.05) is 0 Å². The van der Waals surface area contributed by atoms with E-state index in [9.17, 15) is 5.11 Å². The minimum atomic E-state index is -0.907. The highest BCUT2D eigenvalue weighted by Gasteiger charge is 2.18. The van der Waals surface area contributed by atoms with Crippen molar-refractivity contribution in [1.29, 1.82) is 0 Å². The summed E-state index contributed by atoms with van der Waals surface area (Å²) in [6, 6.07) is 0. The van der Waals surface area contributed by atoms with Gasteiger partial charge in [-0.3, -0.25) is 0 Å². The standard InChI is InChI=1S/C9H16O/c1-5-8(3)7-9(4,10)6-2/h2,8,10H,5,7H2,1,3-4H3. The summed E-state index contributed by atoms with van der Waals surface area (Å²) in [6.45, 7) is 5.86. The first-order valence-corrected chi connectivity index (χ1v) is 3.72. The quantitative estimate of drug-likeness (QED) is 0.593. The van der Waals surface area contributed by atoms with E-state index in [2.05, 4.69) is 19.8 Å². The minimum Gasteiger partial charge on any atom is -0.378 e. The summed E-state index contributed by atoms with van der Waals surface area (Å²) >= 11 is 0. The molecule has 0 heterocycles. The Balaban J connectivity index is 3.79. The van der Waals surface area contributed by atoms with Gasteiger partial charge in [0.15, 0.2) is 0 Å². The molecular formula is C9H16O. The zero-order valence-corrected chi connectivity index (χ0v) is 7.02. The molecule has 0 bridgehead atoms. The van der Waals surface area contributed by atoms with Crippen LogP contribution in [0.2, 0.25) is 0 Å². The Hall–Kier alpha value is -0.480. The van der Waals surface area contributed by atoms with Gasteiger partial charge in [0.25, 0.3) is 0 Å². The Kier molecular flexibility index (Phi) is 3.46. The normalized spacial score (nSPS) is 19.1. The molecule has 0 aromatic rings. The SMILES string of the molecule is C#CC(C)(O)CC(C)CC. The Bertz CT molecular complexity index is 130. The van der Waals surface area contributed by atoms with Crippen molar-refractivity contribution in [1.82, 2.24) is 0 Å². The summed E-state index contributed by atoms with van der Waals surface area (Å²) in [4.78, 5) is 0. The van der Waals surface area contributed by atoms with Crippen molar-refractivity contribution < 1.29 is 5.11 Å². The van der Waals surface area contributed by atoms with E-state index in [0.717, 1.165) is 6.42 Å². The summed E-state index contributed by atoms with van der Waals surface area (Å²) in [5.74, 6) is 2.87. The highest BCUT2D eigenvalue weighted by atomic mass is 16.3. The maximum absolute atomic E-state index is 9.39. The molecule has 0 aromatic heterocycles. The lowest BCUT2D eigenvalue weighted by molar-refractivity contribution is 0.0941. The van der Waals surface area contributed by atoms with Crippen LogP contribution in [0.15, 0.2) is 0 Å². The van der Waals surface area contributed by atoms with E-state index in [-0.39, 0.29) is 0 Å². The smallest absolute Gasteiger partial charge is 0.122 e.